The van der Waals surface area contributed by atoms with Crippen LogP contribution in [0.1, 0.15) is 40.9 Å². The van der Waals surface area contributed by atoms with E-state index in [4.69, 9.17) is 13.9 Å². The molecule has 1 saturated heterocycles. The van der Waals surface area contributed by atoms with Gasteiger partial charge in [0.1, 0.15) is 54.3 Å². The predicted molar refractivity (Wildman–Crippen MR) is 239 cm³/mol. The minimum Gasteiger partial charge on any atom is -0.545 e. The zero-order chi connectivity index (χ0) is 45.7. The Morgan fingerprint density at radius 2 is 1.41 bits per heavy atom. The monoisotopic (exact) mass is 880 g/mol. The summed E-state index contributed by atoms with van der Waals surface area (Å²) < 4.78 is 17.2. The fourth-order valence-corrected chi connectivity index (χ4v) is 7.09. The van der Waals surface area contributed by atoms with Crippen molar-refractivity contribution in [2.45, 2.75) is 64.9 Å². The van der Waals surface area contributed by atoms with Gasteiger partial charge in [-0.2, -0.15) is 0 Å². The van der Waals surface area contributed by atoms with Crippen LogP contribution >= 0.6 is 0 Å². The van der Waals surface area contributed by atoms with Crippen LogP contribution in [0.25, 0.3) is 22.1 Å². The molecule has 5 aromatic carbocycles. The number of aliphatic hydroxyl groups excluding tert-OH is 4. The Hall–Kier alpha value is -6.43. The van der Waals surface area contributed by atoms with Gasteiger partial charge in [0.25, 0.3) is 5.91 Å². The normalized spacial score (nSPS) is 18.0. The number of aliphatic hydroxyl groups is 4. The number of aromatic hydroxyl groups is 1. The fraction of sp³-hybridized carbons (Fsp3) is 0.286. The molecule has 5 atom stereocenters. The molecule has 1 unspecified atom stereocenters. The summed E-state index contributed by atoms with van der Waals surface area (Å²) in [4.78, 5) is 35.6. The number of anilines is 1. The van der Waals surface area contributed by atoms with E-state index in [1.54, 1.807) is 30.3 Å². The number of aryl methyl sites for hydroxylation is 2. The smallest absolute Gasteiger partial charge is 0.279 e. The summed E-state index contributed by atoms with van der Waals surface area (Å²) in [5.74, 6) is -0.770. The second kappa shape index (κ2) is 23.3. The minimum atomic E-state index is -1.56. The molecule has 15 nitrogen and oxygen atoms in total. The number of phenolic OH excluding ortho intramolecular Hbond substituents is 1. The van der Waals surface area contributed by atoms with Crippen LogP contribution in [-0.4, -0.2) is 104 Å². The number of rotatable bonds is 12. The number of ether oxygens (including phenoxy) is 2. The zero-order valence-corrected chi connectivity index (χ0v) is 36.1. The van der Waals surface area contributed by atoms with Crippen LogP contribution in [0.15, 0.2) is 137 Å². The Bertz CT molecular complexity index is 2450. The number of fused-ring (bicyclic) bond motifs is 1. The highest BCUT2D eigenvalue weighted by Gasteiger charge is 2.44. The number of carbonyl (C=O) groups excluding carboxylic acids is 2. The third-order valence-corrected chi connectivity index (χ3v) is 11.0. The Labute approximate surface area is 370 Å². The highest BCUT2D eigenvalue weighted by molar-refractivity contribution is 5.93. The lowest BCUT2D eigenvalue weighted by atomic mass is 9.99. The summed E-state index contributed by atoms with van der Waals surface area (Å²) >= 11 is 0. The van der Waals surface area contributed by atoms with Crippen LogP contribution in [0.5, 0.6) is 11.5 Å². The number of nitrogens with zero attached hydrogens (tertiary/aromatic N) is 1. The number of phenols is 1. The number of amides is 1. The van der Waals surface area contributed by atoms with Crippen molar-refractivity contribution in [2.24, 2.45) is 0 Å². The van der Waals surface area contributed by atoms with Gasteiger partial charge in [0, 0.05) is 17.3 Å². The topological polar surface area (TPSA) is 251 Å². The summed E-state index contributed by atoms with van der Waals surface area (Å²) in [6.07, 6.45) is -5.75. The summed E-state index contributed by atoms with van der Waals surface area (Å²) in [6.45, 7) is 11.1. The van der Waals surface area contributed by atoms with Crippen molar-refractivity contribution in [2.75, 3.05) is 31.6 Å². The Morgan fingerprint density at radius 1 is 0.797 bits per heavy atom. The molecule has 1 aliphatic rings. The third-order valence-electron chi connectivity index (χ3n) is 11.0. The van der Waals surface area contributed by atoms with Crippen molar-refractivity contribution < 1.29 is 64.1 Å². The standard InChI is InChI=1S/C21H28N2O.C21H20O9.C7H6O2.H2O/c1-5-23(6-2,15-19-13-8-7-9-14-19)16-20(24)22-21-17(3)11-10-12-18(21)4;22-8-16-18(25)19(26)20(27)21(30-16)29-12-5-6-13-15(7-12)28-9-14(17(13)24)10-1-3-11(23)4-2-10;8-7(9)6-4-2-1-3-5-6;/h7-14H,5-6,15-16H2,1-4H3;1-7,9,16,18-23,25-27H,8H2;1-5H,(H,8,9);1H2/t;16-,18-,19+,20-,21?;;/m.1../s1. The molecule has 64 heavy (non-hydrogen) atoms. The number of benzene rings is 5. The first-order valence-electron chi connectivity index (χ1n) is 20.5. The number of hydrogen-bond donors (Lipinski definition) is 6. The molecule has 0 spiro atoms. The van der Waals surface area contributed by atoms with Crippen molar-refractivity contribution in [3.63, 3.8) is 0 Å². The van der Waals surface area contributed by atoms with Crippen LogP contribution < -0.4 is 20.6 Å². The van der Waals surface area contributed by atoms with Crippen LogP contribution in [-0.2, 0) is 16.1 Å². The van der Waals surface area contributed by atoms with Crippen molar-refractivity contribution in [1.82, 2.24) is 0 Å². The summed E-state index contributed by atoms with van der Waals surface area (Å²) in [6, 6.07) is 35.1. The molecule has 0 bridgehead atoms. The van der Waals surface area contributed by atoms with Gasteiger partial charge < -0.3 is 64.6 Å². The fourth-order valence-electron chi connectivity index (χ4n) is 7.09. The van der Waals surface area contributed by atoms with Crippen LogP contribution in [0.3, 0.4) is 0 Å². The highest BCUT2D eigenvalue weighted by Crippen LogP contribution is 2.28. The van der Waals surface area contributed by atoms with Gasteiger partial charge in [0.2, 0.25) is 6.29 Å². The molecule has 6 aromatic rings. The maximum Gasteiger partial charge on any atom is 0.279 e. The molecule has 1 aliphatic heterocycles. The predicted octanol–water partition coefficient (Wildman–Crippen LogP) is 3.87. The molecule has 1 aromatic heterocycles. The molecule has 2 heterocycles. The molecule has 1 amide bonds. The van der Waals surface area contributed by atoms with Gasteiger partial charge in [-0.05, 0) is 74.2 Å². The van der Waals surface area contributed by atoms with Crippen LogP contribution in [0.2, 0.25) is 0 Å². The van der Waals surface area contributed by atoms with E-state index in [0.717, 1.165) is 40.9 Å². The Kier molecular flexibility index (Phi) is 18.3. The number of likely N-dealkylation sites (N-methyl/N-ethyl adjacent to an activating group) is 1. The van der Waals surface area contributed by atoms with Gasteiger partial charge >= 0.3 is 0 Å². The largest absolute Gasteiger partial charge is 0.545 e. The lowest BCUT2D eigenvalue weighted by molar-refractivity contribution is -0.930. The van der Waals surface area contributed by atoms with Gasteiger partial charge in [-0.25, -0.2) is 0 Å². The Balaban J connectivity index is 0.000000236. The average molecular weight is 881 g/mol. The number of carboxylic acids is 1. The third kappa shape index (κ3) is 12.8. The van der Waals surface area contributed by atoms with Gasteiger partial charge in [0.05, 0.1) is 36.6 Å². The maximum atomic E-state index is 12.8. The van der Waals surface area contributed by atoms with E-state index in [1.165, 1.54) is 54.3 Å². The SMILES string of the molecule is CC[N+](CC)(CC(=O)Nc1c(C)cccc1C)Cc1ccccc1.O.O=C([O-])c1ccccc1.O=c1c(-c2ccc(O)cc2)coc2cc(OC3O[C@H](CO)[C@@H](O)[C@H](O)[C@H]3O)ccc12. The minimum absolute atomic E-state index is 0. The van der Waals surface area contributed by atoms with Crippen molar-refractivity contribution in [3.05, 3.63) is 160 Å². The number of carbonyl (C=O) groups is 2. The molecule has 0 aliphatic carbocycles. The molecule has 0 saturated carbocycles. The molecule has 0 radical (unpaired) electrons. The molecule has 1 fully saturated rings. The van der Waals surface area contributed by atoms with Crippen molar-refractivity contribution >= 4 is 28.5 Å². The van der Waals surface area contributed by atoms with Crippen molar-refractivity contribution in [1.29, 1.82) is 0 Å². The van der Waals surface area contributed by atoms with Gasteiger partial charge in [0.15, 0.2) is 12.0 Å². The second-order valence-corrected chi connectivity index (χ2v) is 15.2. The van der Waals surface area contributed by atoms with E-state index in [2.05, 4.69) is 43.4 Å². The number of hydrogen-bond acceptors (Lipinski definition) is 12. The average Bonchev–Trinajstić information content (AvgIpc) is 3.29. The van der Waals surface area contributed by atoms with E-state index < -0.39 is 43.3 Å². The molecule has 15 heteroatoms. The van der Waals surface area contributed by atoms with E-state index in [-0.39, 0.29) is 39.5 Å². The zero-order valence-electron chi connectivity index (χ0n) is 36.1. The second-order valence-electron chi connectivity index (χ2n) is 15.2. The van der Waals surface area contributed by atoms with Gasteiger partial charge in [-0.15, -0.1) is 0 Å². The van der Waals surface area contributed by atoms with Gasteiger partial charge in [-0.1, -0.05) is 91.0 Å². The first-order valence-corrected chi connectivity index (χ1v) is 20.5. The first-order chi connectivity index (χ1) is 30.2. The summed E-state index contributed by atoms with van der Waals surface area (Å²) in [5.41, 5.74) is 5.53. The molecular formula is C49H56N2O13. The number of quaternary nitrogens is 1. The van der Waals surface area contributed by atoms with E-state index in [9.17, 15) is 45.0 Å². The quantitative estimate of drug-likeness (QED) is 0.0960. The van der Waals surface area contributed by atoms with Crippen molar-refractivity contribution in [3.8, 4) is 22.6 Å². The highest BCUT2D eigenvalue weighted by atomic mass is 16.7. The molecule has 7 rings (SSSR count). The molecule has 340 valence electrons. The number of nitrogens with one attached hydrogen (secondary N) is 1. The van der Waals surface area contributed by atoms with Crippen LogP contribution in [0.4, 0.5) is 5.69 Å². The maximum absolute atomic E-state index is 12.8. The summed E-state index contributed by atoms with van der Waals surface area (Å²) in [5, 5.41) is 62.0. The van der Waals surface area contributed by atoms with E-state index >= 15 is 0 Å². The molecular weight excluding hydrogens is 825 g/mol. The van der Waals surface area contributed by atoms with E-state index in [0.29, 0.717) is 23.1 Å². The Morgan fingerprint density at radius 3 is 1.97 bits per heavy atom. The van der Waals surface area contributed by atoms with Gasteiger partial charge in [-0.3, -0.25) is 9.59 Å². The first kappa shape index (κ1) is 50.2. The van der Waals surface area contributed by atoms with E-state index in [1.807, 2.05) is 38.1 Å². The summed E-state index contributed by atoms with van der Waals surface area (Å²) in [7, 11) is 0. The lowest BCUT2D eigenvalue weighted by Gasteiger charge is -2.39. The lowest BCUT2D eigenvalue weighted by Crippen LogP contribution is -2.60. The number of carboxylic acid groups (broad SMARTS) is 1. The number of para-hydroxylation sites is 1. The molecule has 8 N–H and O–H groups in total. The number of aromatic carboxylic acids is 1. The van der Waals surface area contributed by atoms with Crippen LogP contribution in [0, 0.1) is 13.8 Å².